The van der Waals surface area contributed by atoms with Crippen LogP contribution in [0.5, 0.6) is 11.5 Å². The van der Waals surface area contributed by atoms with E-state index < -0.39 is 12.1 Å². The van der Waals surface area contributed by atoms with E-state index in [1.165, 1.54) is 0 Å². The molecule has 4 rings (SSSR count). The molecule has 33 heavy (non-hydrogen) atoms. The predicted octanol–water partition coefficient (Wildman–Crippen LogP) is 3.03. The minimum atomic E-state index is -0.797. The lowest BCUT2D eigenvalue weighted by atomic mass is 9.99. The molecule has 7 heteroatoms. The fourth-order valence-electron chi connectivity index (χ4n) is 3.76. The molecule has 2 amide bonds. The molecule has 1 fully saturated rings. The predicted molar refractivity (Wildman–Crippen MR) is 125 cm³/mol. The topological polar surface area (TPSA) is 79.7 Å². The molecular weight excluding hydrogens is 418 g/mol. The molecule has 2 N–H and O–H groups in total. The van der Waals surface area contributed by atoms with Crippen molar-refractivity contribution >= 4 is 18.0 Å². The molecule has 0 bridgehead atoms. The van der Waals surface area contributed by atoms with Gasteiger partial charge in [-0.3, -0.25) is 9.59 Å². The van der Waals surface area contributed by atoms with Crippen molar-refractivity contribution in [3.8, 4) is 11.5 Å². The van der Waals surface area contributed by atoms with Gasteiger partial charge in [-0.1, -0.05) is 17.7 Å². The first kappa shape index (κ1) is 22.1. The SMILES string of the molecule is COc1ccc(C(=O)N[C@H]2C(=O)N/[N+](=C\c3ccc(C)cc3)[C@@H]2c2ccc(OC)cc2)cc1. The number of nitrogens with zero attached hydrogens (tertiary/aromatic N) is 1. The fraction of sp³-hybridized carbons (Fsp3) is 0.192. The van der Waals surface area contributed by atoms with Crippen LogP contribution in [0.25, 0.3) is 0 Å². The molecule has 1 saturated heterocycles. The standard InChI is InChI=1S/C26H25N3O4/c1-17-4-6-18(7-5-17)16-29-24(19-8-12-21(32-2)13-9-19)23(26(31)28-29)27-25(30)20-10-14-22(33-3)15-11-20/h4-16,23-24H,1-3H3,(H-,27,28,30,31)/p+1/b29-16-/t23-,24-/m1/s1. The minimum Gasteiger partial charge on any atom is -0.497 e. The van der Waals surface area contributed by atoms with Gasteiger partial charge in [-0.05, 0) is 67.6 Å². The van der Waals surface area contributed by atoms with Gasteiger partial charge < -0.3 is 14.8 Å². The summed E-state index contributed by atoms with van der Waals surface area (Å²) in [4.78, 5) is 25.9. The molecule has 0 aliphatic carbocycles. The number of hydrazine groups is 1. The Hall–Kier alpha value is -4.13. The molecule has 3 aromatic rings. The van der Waals surface area contributed by atoms with Gasteiger partial charge in [0.15, 0.2) is 6.04 Å². The average molecular weight is 445 g/mol. The van der Waals surface area contributed by atoms with Gasteiger partial charge in [0.2, 0.25) is 12.3 Å². The molecule has 1 aliphatic rings. The van der Waals surface area contributed by atoms with Crippen LogP contribution in [0.15, 0.2) is 72.8 Å². The highest BCUT2D eigenvalue weighted by molar-refractivity contribution is 5.98. The van der Waals surface area contributed by atoms with Crippen LogP contribution >= 0.6 is 0 Å². The van der Waals surface area contributed by atoms with Crippen molar-refractivity contribution in [2.45, 2.75) is 19.0 Å². The summed E-state index contributed by atoms with van der Waals surface area (Å²) in [6.07, 6.45) is 1.87. The summed E-state index contributed by atoms with van der Waals surface area (Å²) in [7, 11) is 3.17. The number of rotatable bonds is 6. The number of ether oxygens (including phenoxy) is 2. The van der Waals surface area contributed by atoms with Gasteiger partial charge >= 0.3 is 5.91 Å². The first-order chi connectivity index (χ1) is 16.0. The first-order valence-electron chi connectivity index (χ1n) is 10.6. The number of hydrogen-bond donors (Lipinski definition) is 2. The van der Waals surface area contributed by atoms with E-state index in [2.05, 4.69) is 10.7 Å². The van der Waals surface area contributed by atoms with Gasteiger partial charge in [-0.15, -0.1) is 10.1 Å². The Morgan fingerprint density at radius 1 is 0.909 bits per heavy atom. The zero-order chi connectivity index (χ0) is 23.4. The van der Waals surface area contributed by atoms with Crippen LogP contribution in [-0.4, -0.2) is 43.0 Å². The zero-order valence-electron chi connectivity index (χ0n) is 18.7. The number of amides is 2. The molecule has 1 aliphatic heterocycles. The molecule has 2 atom stereocenters. The van der Waals surface area contributed by atoms with Crippen LogP contribution in [-0.2, 0) is 4.79 Å². The van der Waals surface area contributed by atoms with Crippen LogP contribution in [0.1, 0.15) is 33.1 Å². The number of carbonyl (C=O) groups is 2. The number of carbonyl (C=O) groups excluding carboxylic acids is 2. The Morgan fingerprint density at radius 2 is 1.48 bits per heavy atom. The Balaban J connectivity index is 1.67. The van der Waals surface area contributed by atoms with Crippen molar-refractivity contribution in [2.24, 2.45) is 0 Å². The van der Waals surface area contributed by atoms with Gasteiger partial charge in [0.05, 0.1) is 14.2 Å². The zero-order valence-corrected chi connectivity index (χ0v) is 18.7. The third-order valence-electron chi connectivity index (χ3n) is 5.60. The second kappa shape index (κ2) is 9.56. The lowest BCUT2D eigenvalue weighted by Crippen LogP contribution is -2.42. The smallest absolute Gasteiger partial charge is 0.304 e. The van der Waals surface area contributed by atoms with Gasteiger partial charge in [0.1, 0.15) is 11.5 Å². The monoisotopic (exact) mass is 444 g/mol. The van der Waals surface area contributed by atoms with E-state index in [-0.39, 0.29) is 11.8 Å². The number of hydrogen-bond acceptors (Lipinski definition) is 4. The number of benzene rings is 3. The van der Waals surface area contributed by atoms with Crippen molar-refractivity contribution in [1.82, 2.24) is 10.7 Å². The lowest BCUT2D eigenvalue weighted by molar-refractivity contribution is -0.596. The van der Waals surface area contributed by atoms with E-state index >= 15 is 0 Å². The van der Waals surface area contributed by atoms with Gasteiger partial charge in [-0.2, -0.15) is 0 Å². The molecule has 0 aromatic heterocycles. The summed E-state index contributed by atoms with van der Waals surface area (Å²) in [6, 6.07) is 21.0. The van der Waals surface area contributed by atoms with Gasteiger partial charge in [-0.25, -0.2) is 0 Å². The van der Waals surface area contributed by atoms with E-state index in [4.69, 9.17) is 9.47 Å². The molecule has 168 valence electrons. The van der Waals surface area contributed by atoms with Crippen molar-refractivity contribution in [3.05, 3.63) is 95.1 Å². The van der Waals surface area contributed by atoms with Gasteiger partial charge in [0.25, 0.3) is 5.91 Å². The molecule has 0 saturated carbocycles. The highest BCUT2D eigenvalue weighted by Crippen LogP contribution is 2.27. The van der Waals surface area contributed by atoms with E-state index in [9.17, 15) is 9.59 Å². The Kier molecular flexibility index (Phi) is 6.40. The highest BCUT2D eigenvalue weighted by Gasteiger charge is 2.47. The second-order valence-electron chi connectivity index (χ2n) is 7.82. The maximum absolute atomic E-state index is 13.0. The second-order valence-corrected chi connectivity index (χ2v) is 7.82. The minimum absolute atomic E-state index is 0.291. The Morgan fingerprint density at radius 3 is 2.06 bits per heavy atom. The summed E-state index contributed by atoms with van der Waals surface area (Å²) >= 11 is 0. The maximum atomic E-state index is 13.0. The molecule has 0 spiro atoms. The Labute approximate surface area is 192 Å². The van der Waals surface area contributed by atoms with Crippen molar-refractivity contribution < 1.29 is 23.7 Å². The van der Waals surface area contributed by atoms with Gasteiger partial charge in [0, 0.05) is 16.7 Å². The van der Waals surface area contributed by atoms with Crippen LogP contribution in [0, 0.1) is 6.92 Å². The quantitative estimate of drug-likeness (QED) is 0.573. The maximum Gasteiger partial charge on any atom is 0.304 e. The van der Waals surface area contributed by atoms with E-state index in [1.807, 2.05) is 61.7 Å². The van der Waals surface area contributed by atoms with Crippen LogP contribution in [0.2, 0.25) is 0 Å². The molecule has 7 nitrogen and oxygen atoms in total. The number of methoxy groups -OCH3 is 2. The van der Waals surface area contributed by atoms with Crippen LogP contribution in [0.3, 0.4) is 0 Å². The molecule has 3 aromatic carbocycles. The fourth-order valence-corrected chi connectivity index (χ4v) is 3.76. The number of hydrazone groups is 1. The van der Waals surface area contributed by atoms with Crippen LogP contribution in [0.4, 0.5) is 0 Å². The molecular formula is C26H26N3O4+. The third-order valence-corrected chi connectivity index (χ3v) is 5.60. The first-order valence-corrected chi connectivity index (χ1v) is 10.6. The third kappa shape index (κ3) is 4.87. The number of aryl methyl sites for hydroxylation is 1. The summed E-state index contributed by atoms with van der Waals surface area (Å²) in [5.74, 6) is 0.735. The van der Waals surface area contributed by atoms with Crippen molar-refractivity contribution in [3.63, 3.8) is 0 Å². The van der Waals surface area contributed by atoms with E-state index in [0.29, 0.717) is 17.1 Å². The normalized spacial score (nSPS) is 18.6. The number of nitrogens with one attached hydrogen (secondary N) is 2. The largest absolute Gasteiger partial charge is 0.497 e. The molecule has 1 heterocycles. The summed E-state index contributed by atoms with van der Waals surface area (Å²) in [5, 5.41) is 2.90. The average Bonchev–Trinajstić information content (AvgIpc) is 3.14. The van der Waals surface area contributed by atoms with Crippen molar-refractivity contribution in [1.29, 1.82) is 0 Å². The molecule has 0 radical (unpaired) electrons. The summed E-state index contributed by atoms with van der Waals surface area (Å²) < 4.78 is 12.2. The van der Waals surface area contributed by atoms with E-state index in [0.717, 1.165) is 16.7 Å². The highest BCUT2D eigenvalue weighted by atomic mass is 16.5. The lowest BCUT2D eigenvalue weighted by Gasteiger charge is -2.15. The summed E-state index contributed by atoms with van der Waals surface area (Å²) in [6.45, 7) is 2.02. The summed E-state index contributed by atoms with van der Waals surface area (Å²) in [5.41, 5.74) is 6.27. The molecule has 0 unspecified atom stereocenters. The van der Waals surface area contributed by atoms with Crippen LogP contribution < -0.4 is 20.2 Å². The van der Waals surface area contributed by atoms with Crippen molar-refractivity contribution in [2.75, 3.05) is 14.2 Å². The Bertz CT molecular complexity index is 1170. The van der Waals surface area contributed by atoms with E-state index in [1.54, 1.807) is 43.2 Å².